The van der Waals surface area contributed by atoms with E-state index in [0.29, 0.717) is 27.3 Å². The van der Waals surface area contributed by atoms with Gasteiger partial charge >= 0.3 is 12.1 Å². The van der Waals surface area contributed by atoms with Gasteiger partial charge in [0.2, 0.25) is 10.2 Å². The number of rotatable bonds is 16. The maximum Gasteiger partial charge on any atom is 0.416 e. The molecule has 1 aliphatic heterocycles. The molecule has 0 bridgehead atoms. The number of amides is 1. The fourth-order valence-electron chi connectivity index (χ4n) is 5.93. The number of halogens is 4. The van der Waals surface area contributed by atoms with Gasteiger partial charge in [0, 0.05) is 12.8 Å². The van der Waals surface area contributed by atoms with E-state index in [1.165, 1.54) is 10.9 Å². The number of ether oxygens (including phenoxy) is 4. The molecule has 0 spiro atoms. The lowest BCUT2D eigenvalue weighted by Crippen LogP contribution is -2.46. The molecule has 2 aromatic heterocycles. The van der Waals surface area contributed by atoms with Gasteiger partial charge < -0.3 is 29.4 Å². The van der Waals surface area contributed by atoms with Crippen molar-refractivity contribution >= 4 is 43.5 Å². The first-order valence-corrected chi connectivity index (χ1v) is 19.5. The maximum absolute atomic E-state index is 13.9. The number of nitrogens with two attached hydrogens (primary N) is 1. The van der Waals surface area contributed by atoms with Crippen LogP contribution in [0.25, 0.3) is 10.2 Å². The molecule has 21 heteroatoms. The molecule has 2 unspecified atom stereocenters. The van der Waals surface area contributed by atoms with Crippen molar-refractivity contribution in [3.63, 3.8) is 0 Å². The number of aliphatic carboxylic acids is 1. The predicted octanol–water partition coefficient (Wildman–Crippen LogP) is 4.60. The molecular weight excluding hydrogens is 801 g/mol. The van der Waals surface area contributed by atoms with Crippen LogP contribution in [0.4, 0.5) is 17.6 Å². The zero-order valence-corrected chi connectivity index (χ0v) is 31.8. The number of carbonyl (C=O) groups is 2. The summed E-state index contributed by atoms with van der Waals surface area (Å²) in [6, 6.07) is 12.6. The molecule has 15 nitrogen and oxygen atoms in total. The van der Waals surface area contributed by atoms with Gasteiger partial charge in [-0.25, -0.2) is 32.4 Å². The fourth-order valence-corrected chi connectivity index (χ4v) is 7.61. The average Bonchev–Trinajstić information content (AvgIpc) is 3.88. The Morgan fingerprint density at radius 1 is 1.00 bits per heavy atom. The van der Waals surface area contributed by atoms with Crippen LogP contribution in [0.5, 0.6) is 11.5 Å². The van der Waals surface area contributed by atoms with Crippen LogP contribution in [0.3, 0.4) is 0 Å². The number of nitrogens with zero attached hydrogens (tertiary/aromatic N) is 4. The van der Waals surface area contributed by atoms with E-state index in [1.807, 2.05) is 0 Å². The monoisotopic (exact) mass is 836 g/mol. The molecule has 0 radical (unpaired) electrons. The predicted molar refractivity (Wildman–Crippen MR) is 195 cm³/mol. The molecule has 4 N–H and O–H groups in total. The van der Waals surface area contributed by atoms with Crippen molar-refractivity contribution in [1.82, 2.24) is 25.3 Å². The topological polar surface area (TPSA) is 207 Å². The summed E-state index contributed by atoms with van der Waals surface area (Å²) in [5.41, 5.74) is 0.625. The average molecular weight is 837 g/mol. The molecule has 304 valence electrons. The lowest BCUT2D eigenvalue weighted by atomic mass is 10.0. The van der Waals surface area contributed by atoms with Crippen LogP contribution in [0.1, 0.15) is 42.3 Å². The number of thiazole rings is 1. The summed E-state index contributed by atoms with van der Waals surface area (Å²) in [5.74, 6) is -2.38. The van der Waals surface area contributed by atoms with Crippen molar-refractivity contribution in [2.45, 2.75) is 73.9 Å². The van der Waals surface area contributed by atoms with Crippen molar-refractivity contribution in [1.29, 1.82) is 0 Å². The number of hydrogen-bond acceptors (Lipinski definition) is 12. The SMILES string of the molecule is CC1(C)O[C@@H](CF)[C@H](COc2ccc(CC(C(=O)NC(Cc3ccc(C(F)(F)F)cc3)C(=O)O)n3cc(COc4ccc5nc(S(N)(=O)=O)sc5c4)nn3)cc2)O1. The molecular formula is C36H36F4N6O9S2. The van der Waals surface area contributed by atoms with Gasteiger partial charge in [-0.05, 0) is 67.4 Å². The first-order chi connectivity index (χ1) is 26.9. The molecule has 0 aliphatic carbocycles. The van der Waals surface area contributed by atoms with Crippen molar-refractivity contribution in [3.05, 3.63) is 95.3 Å². The number of sulfonamides is 1. The summed E-state index contributed by atoms with van der Waals surface area (Å²) in [7, 11) is -4.00. The number of carboxylic acids is 1. The highest BCUT2D eigenvalue weighted by Crippen LogP contribution is 2.31. The summed E-state index contributed by atoms with van der Waals surface area (Å²) >= 11 is 0.871. The third-order valence-electron chi connectivity index (χ3n) is 8.69. The van der Waals surface area contributed by atoms with Crippen LogP contribution < -0.4 is 19.9 Å². The molecule has 1 aliphatic rings. The third kappa shape index (κ3) is 10.6. The van der Waals surface area contributed by atoms with E-state index in [0.717, 1.165) is 35.6 Å². The Bertz CT molecular complexity index is 2320. The molecule has 3 heterocycles. The fraction of sp³-hybridized carbons (Fsp3) is 0.361. The quantitative estimate of drug-likeness (QED) is 0.117. The first kappa shape index (κ1) is 41.4. The molecule has 6 rings (SSSR count). The molecule has 1 amide bonds. The van der Waals surface area contributed by atoms with E-state index < -0.39 is 70.4 Å². The zero-order valence-electron chi connectivity index (χ0n) is 30.2. The summed E-state index contributed by atoms with van der Waals surface area (Å²) in [6.07, 6.45) is -4.92. The van der Waals surface area contributed by atoms with Crippen LogP contribution in [-0.2, 0) is 54.7 Å². The van der Waals surface area contributed by atoms with Crippen LogP contribution in [0, 0.1) is 0 Å². The minimum Gasteiger partial charge on any atom is -0.491 e. The molecule has 1 fully saturated rings. The number of primary sulfonamides is 1. The zero-order chi connectivity index (χ0) is 41.1. The van der Waals surface area contributed by atoms with E-state index in [9.17, 15) is 40.7 Å². The van der Waals surface area contributed by atoms with E-state index in [-0.39, 0.29) is 41.7 Å². The Balaban J connectivity index is 1.18. The summed E-state index contributed by atoms with van der Waals surface area (Å²) in [4.78, 5) is 30.1. The van der Waals surface area contributed by atoms with E-state index in [1.54, 1.807) is 56.3 Å². The highest BCUT2D eigenvalue weighted by Gasteiger charge is 2.41. The van der Waals surface area contributed by atoms with Gasteiger partial charge in [-0.1, -0.05) is 29.5 Å². The van der Waals surface area contributed by atoms with Crippen LogP contribution >= 0.6 is 11.3 Å². The number of carbonyl (C=O) groups excluding carboxylic acids is 1. The van der Waals surface area contributed by atoms with Crippen molar-refractivity contribution < 1.29 is 59.6 Å². The van der Waals surface area contributed by atoms with Crippen LogP contribution in [-0.4, -0.2) is 82.7 Å². The first-order valence-electron chi connectivity index (χ1n) is 17.2. The maximum atomic E-state index is 13.9. The number of nitrogens with one attached hydrogen (secondary N) is 1. The normalized spacial score (nSPS) is 17.9. The van der Waals surface area contributed by atoms with Crippen LogP contribution in [0.2, 0.25) is 0 Å². The molecule has 57 heavy (non-hydrogen) atoms. The lowest BCUT2D eigenvalue weighted by Gasteiger charge is -2.21. The largest absolute Gasteiger partial charge is 0.491 e. The molecule has 1 saturated heterocycles. The van der Waals surface area contributed by atoms with Crippen molar-refractivity contribution in [2.24, 2.45) is 5.14 Å². The minimum atomic E-state index is -4.58. The number of hydrogen-bond donors (Lipinski definition) is 3. The minimum absolute atomic E-state index is 0.0103. The summed E-state index contributed by atoms with van der Waals surface area (Å²) in [5, 5.41) is 25.9. The smallest absolute Gasteiger partial charge is 0.416 e. The number of alkyl halides is 4. The van der Waals surface area contributed by atoms with Crippen molar-refractivity contribution in [3.8, 4) is 11.5 Å². The van der Waals surface area contributed by atoms with Gasteiger partial charge in [-0.2, -0.15) is 13.2 Å². The van der Waals surface area contributed by atoms with Gasteiger partial charge in [-0.15, -0.1) is 16.4 Å². The second-order valence-electron chi connectivity index (χ2n) is 13.5. The van der Waals surface area contributed by atoms with Crippen LogP contribution in [0.15, 0.2) is 77.3 Å². The van der Waals surface area contributed by atoms with Gasteiger partial charge in [0.05, 0.1) is 22.0 Å². The summed E-state index contributed by atoms with van der Waals surface area (Å²) in [6.45, 7) is 2.48. The Kier molecular flexibility index (Phi) is 12.1. The third-order valence-corrected chi connectivity index (χ3v) is 11.0. The molecule has 5 aromatic rings. The Labute approximate surface area is 326 Å². The second kappa shape index (κ2) is 16.7. The highest BCUT2D eigenvalue weighted by atomic mass is 32.2. The Morgan fingerprint density at radius 2 is 1.65 bits per heavy atom. The van der Waals surface area contributed by atoms with Gasteiger partial charge in [0.25, 0.3) is 10.0 Å². The van der Waals surface area contributed by atoms with Gasteiger partial charge in [-0.3, -0.25) is 4.79 Å². The van der Waals surface area contributed by atoms with Crippen molar-refractivity contribution in [2.75, 3.05) is 13.3 Å². The van der Waals surface area contributed by atoms with Gasteiger partial charge in [0.15, 0.2) is 5.79 Å². The Morgan fingerprint density at radius 3 is 2.30 bits per heavy atom. The second-order valence-corrected chi connectivity index (χ2v) is 16.2. The number of aromatic nitrogens is 4. The molecule has 4 atom stereocenters. The van der Waals surface area contributed by atoms with E-state index in [4.69, 9.17) is 24.1 Å². The Hall–Kier alpha value is -5.22. The lowest BCUT2D eigenvalue weighted by molar-refractivity contribution is -0.149. The summed E-state index contributed by atoms with van der Waals surface area (Å²) < 4.78 is 101. The number of carboxylic acid groups (broad SMARTS) is 1. The van der Waals surface area contributed by atoms with E-state index >= 15 is 0 Å². The highest BCUT2D eigenvalue weighted by molar-refractivity contribution is 7.91. The number of benzene rings is 3. The molecule has 3 aromatic carbocycles. The number of fused-ring (bicyclic) bond motifs is 1. The van der Waals surface area contributed by atoms with Gasteiger partial charge in [0.1, 0.15) is 61.4 Å². The standard InChI is InChI=1S/C36H36F4N6O9S2/c1-35(2)54-29(16-37)30(55-35)19-53-24-9-5-21(6-10-24)14-28(32(47)42-27(33(48)49)13-20-3-7-22(8-4-20)36(38,39)40)46-17-23(44-45-46)18-52-25-11-12-26-31(15-25)56-34(43-26)57(41,50)51/h3-12,15,17,27-30H,13-14,16,18-19H2,1-2H3,(H,42,47)(H,48,49)(H2,41,50,51)/t27?,28?,29-,30-/m0/s1. The molecule has 0 saturated carbocycles. The van der Waals surface area contributed by atoms with E-state index in [2.05, 4.69) is 20.6 Å².